The molecule has 0 unspecified atom stereocenters. The summed E-state index contributed by atoms with van der Waals surface area (Å²) in [6.45, 7) is 6.07. The summed E-state index contributed by atoms with van der Waals surface area (Å²) in [5.74, 6) is 2.43. The number of carbonyl (C=O) groups is 2. The van der Waals surface area contributed by atoms with E-state index in [1.54, 1.807) is 36.5 Å². The highest BCUT2D eigenvalue weighted by molar-refractivity contribution is 7.80. The number of rotatable bonds is 10. The van der Waals surface area contributed by atoms with Gasteiger partial charge in [-0.05, 0) is 100 Å². The van der Waals surface area contributed by atoms with Crippen LogP contribution < -0.4 is 9.80 Å². The van der Waals surface area contributed by atoms with Crippen LogP contribution >= 0.6 is 12.2 Å². The highest BCUT2D eigenvalue weighted by atomic mass is 32.1. The quantitative estimate of drug-likeness (QED) is 0.212. The lowest BCUT2D eigenvalue weighted by atomic mass is 10.00. The summed E-state index contributed by atoms with van der Waals surface area (Å²) in [7, 11) is 0. The van der Waals surface area contributed by atoms with E-state index in [1.165, 1.54) is 9.80 Å². The molecule has 0 radical (unpaired) electrons. The van der Waals surface area contributed by atoms with Crippen molar-refractivity contribution < 1.29 is 33.4 Å². The van der Waals surface area contributed by atoms with Crippen LogP contribution in [0, 0.1) is 0 Å². The molecule has 248 valence electrons. The van der Waals surface area contributed by atoms with Crippen LogP contribution in [0.5, 0.6) is 0 Å². The third-order valence-corrected chi connectivity index (χ3v) is 9.36. The number of amides is 2. The maximum absolute atomic E-state index is 13.6. The first-order valence-corrected chi connectivity index (χ1v) is 16.6. The van der Waals surface area contributed by atoms with Crippen LogP contribution in [0.2, 0.25) is 0 Å². The summed E-state index contributed by atoms with van der Waals surface area (Å²) in [5, 5.41) is 19.6. The number of carbonyl (C=O) groups excluding carboxylic acids is 2. The fraction of sp³-hybridized carbons (Fsp3) is 0.400. The Balaban J connectivity index is 1.31. The zero-order chi connectivity index (χ0) is 33.1. The monoisotopic (exact) mass is 660 g/mol. The summed E-state index contributed by atoms with van der Waals surface area (Å²) in [5.41, 5.74) is 0.409. The highest BCUT2D eigenvalue weighted by Gasteiger charge is 2.39. The van der Waals surface area contributed by atoms with Crippen molar-refractivity contribution in [1.29, 1.82) is 0 Å². The molecule has 0 saturated carbocycles. The summed E-state index contributed by atoms with van der Waals surface area (Å²) in [6.07, 6.45) is 14.1. The topological polar surface area (TPSA) is 123 Å². The number of allylic oxidation sites excluding steroid dienone is 5. The third-order valence-electron chi connectivity index (χ3n) is 8.92. The van der Waals surface area contributed by atoms with Gasteiger partial charge in [0.05, 0.1) is 25.3 Å². The molecule has 6 heterocycles. The van der Waals surface area contributed by atoms with Gasteiger partial charge in [0.25, 0.3) is 11.8 Å². The van der Waals surface area contributed by atoms with Crippen LogP contribution in [-0.2, 0) is 14.3 Å². The molecule has 2 aromatic heterocycles. The smallest absolute Gasteiger partial charge is 0.266 e. The van der Waals surface area contributed by atoms with Gasteiger partial charge < -0.3 is 33.6 Å². The Labute approximate surface area is 279 Å². The molecule has 3 fully saturated rings. The number of aliphatic hydroxyl groups is 2. The standard InChI is InChI=1S/C35H40N4O7S/c1-3-36-33(42)32(34(43)37(4-2)35(36)47)23-19-28(11-9-26-13-15-30(45-26)38-17-5-7-24(38)21-40)44-29(20-23)12-10-27-14-16-31(46-27)39-18-6-8-25(39)22-41/h9-16,19-20,24-25,40-41H,3-8,17-18,21-22H2,1-2H3/b11-9+,12-10+/t24-,25-/m0/s1. The first-order valence-electron chi connectivity index (χ1n) is 16.2. The molecule has 4 aliphatic heterocycles. The second kappa shape index (κ2) is 14.2. The first-order chi connectivity index (χ1) is 22.8. The van der Waals surface area contributed by atoms with E-state index < -0.39 is 11.8 Å². The van der Waals surface area contributed by atoms with Gasteiger partial charge in [0.1, 0.15) is 28.6 Å². The number of anilines is 2. The van der Waals surface area contributed by atoms with Crippen molar-refractivity contribution in [2.24, 2.45) is 0 Å². The van der Waals surface area contributed by atoms with E-state index >= 15 is 0 Å². The molecule has 0 aliphatic carbocycles. The Hall–Kier alpha value is -4.39. The van der Waals surface area contributed by atoms with Crippen LogP contribution in [0.3, 0.4) is 0 Å². The number of furan rings is 2. The van der Waals surface area contributed by atoms with E-state index in [2.05, 4.69) is 9.80 Å². The number of thiocarbonyl (C=S) groups is 1. The highest BCUT2D eigenvalue weighted by Crippen LogP contribution is 2.32. The molecule has 2 atom stereocenters. The van der Waals surface area contributed by atoms with Gasteiger partial charge in [-0.25, -0.2) is 0 Å². The second-order valence-corrected chi connectivity index (χ2v) is 12.1. The van der Waals surface area contributed by atoms with Crippen LogP contribution in [0.15, 0.2) is 80.1 Å². The van der Waals surface area contributed by atoms with Crippen LogP contribution in [0.4, 0.5) is 11.8 Å². The summed E-state index contributed by atoms with van der Waals surface area (Å²) >= 11 is 5.46. The zero-order valence-corrected chi connectivity index (χ0v) is 27.4. The lowest BCUT2D eigenvalue weighted by molar-refractivity contribution is -0.133. The van der Waals surface area contributed by atoms with Gasteiger partial charge in [0, 0.05) is 43.9 Å². The number of hydrogen-bond acceptors (Lipinski definition) is 10. The van der Waals surface area contributed by atoms with Gasteiger partial charge in [-0.3, -0.25) is 19.4 Å². The minimum absolute atomic E-state index is 0.0103. The summed E-state index contributed by atoms with van der Waals surface area (Å²) in [4.78, 5) is 34.2. The molecule has 6 rings (SSSR count). The van der Waals surface area contributed by atoms with E-state index in [4.69, 9.17) is 25.8 Å². The molecule has 2 amide bonds. The lowest BCUT2D eigenvalue weighted by Gasteiger charge is -2.36. The maximum Gasteiger partial charge on any atom is 0.266 e. The Bertz CT molecular complexity index is 1560. The average Bonchev–Trinajstić information content (AvgIpc) is 3.89. The fourth-order valence-corrected chi connectivity index (χ4v) is 6.89. The molecule has 3 saturated heterocycles. The SMILES string of the molecule is CCN1C(=O)C(=C2C=C(/C=C/c3ccc(N4CCC[C@H]4CO)o3)OC(/C=C/c3ccc(N4CCC[C@H]4CO)o3)=C2)C(=O)N(CC)C1=S. The van der Waals surface area contributed by atoms with Crippen molar-refractivity contribution in [2.75, 3.05) is 49.2 Å². The minimum Gasteiger partial charge on any atom is -0.457 e. The van der Waals surface area contributed by atoms with E-state index in [0.717, 1.165) is 38.8 Å². The molecule has 0 aromatic carbocycles. The molecule has 4 aliphatic rings. The van der Waals surface area contributed by atoms with E-state index in [-0.39, 0.29) is 36.0 Å². The third kappa shape index (κ3) is 6.58. The molecule has 0 spiro atoms. The number of aliphatic hydroxyl groups excluding tert-OH is 2. The summed E-state index contributed by atoms with van der Waals surface area (Å²) < 4.78 is 18.3. The molecular weight excluding hydrogens is 620 g/mol. The van der Waals surface area contributed by atoms with Gasteiger partial charge in [-0.1, -0.05) is 0 Å². The van der Waals surface area contributed by atoms with Crippen LogP contribution in [0.25, 0.3) is 12.2 Å². The predicted octanol–water partition coefficient (Wildman–Crippen LogP) is 4.61. The zero-order valence-electron chi connectivity index (χ0n) is 26.6. The molecule has 11 nitrogen and oxygen atoms in total. The van der Waals surface area contributed by atoms with Crippen molar-refractivity contribution in [2.45, 2.75) is 51.6 Å². The van der Waals surface area contributed by atoms with Crippen molar-refractivity contribution in [1.82, 2.24) is 9.80 Å². The second-order valence-electron chi connectivity index (χ2n) is 11.8. The molecule has 0 bridgehead atoms. The van der Waals surface area contributed by atoms with Gasteiger partial charge in [-0.2, -0.15) is 0 Å². The van der Waals surface area contributed by atoms with Gasteiger partial charge >= 0.3 is 0 Å². The molecule has 2 N–H and O–H groups in total. The Morgan fingerprint density at radius 2 is 1.23 bits per heavy atom. The van der Waals surface area contributed by atoms with Gasteiger partial charge in [0.2, 0.25) is 0 Å². The number of nitrogens with zero attached hydrogens (tertiary/aromatic N) is 4. The molecule has 12 heteroatoms. The van der Waals surface area contributed by atoms with Crippen LogP contribution in [0.1, 0.15) is 51.1 Å². The number of ether oxygens (including phenoxy) is 1. The average molecular weight is 661 g/mol. The number of likely N-dealkylation sites (N-methyl/N-ethyl adjacent to an activating group) is 2. The van der Waals surface area contributed by atoms with Crippen molar-refractivity contribution in [3.05, 3.63) is 82.8 Å². The Morgan fingerprint density at radius 1 is 0.766 bits per heavy atom. The fourth-order valence-electron chi connectivity index (χ4n) is 6.47. The van der Waals surface area contributed by atoms with Gasteiger partial charge in [-0.15, -0.1) is 0 Å². The van der Waals surface area contributed by atoms with E-state index in [9.17, 15) is 19.8 Å². The Kier molecular flexibility index (Phi) is 9.81. The van der Waals surface area contributed by atoms with Crippen molar-refractivity contribution in [3.8, 4) is 0 Å². The van der Waals surface area contributed by atoms with Crippen LogP contribution in [-0.4, -0.2) is 88.4 Å². The van der Waals surface area contributed by atoms with Gasteiger partial charge in [0.15, 0.2) is 16.9 Å². The van der Waals surface area contributed by atoms with E-state index in [0.29, 0.717) is 53.5 Å². The predicted molar refractivity (Wildman–Crippen MR) is 182 cm³/mol. The first kappa shape index (κ1) is 32.5. The van der Waals surface area contributed by atoms with Crippen molar-refractivity contribution in [3.63, 3.8) is 0 Å². The van der Waals surface area contributed by atoms with Crippen molar-refractivity contribution >= 4 is 53.1 Å². The summed E-state index contributed by atoms with van der Waals surface area (Å²) in [6, 6.07) is 7.54. The minimum atomic E-state index is -0.456. The molecule has 47 heavy (non-hydrogen) atoms. The Morgan fingerprint density at radius 3 is 1.66 bits per heavy atom. The lowest BCUT2D eigenvalue weighted by Crippen LogP contribution is -2.56. The molecule has 2 aromatic rings. The largest absolute Gasteiger partial charge is 0.457 e. The normalized spacial score (nSPS) is 22.4. The van der Waals surface area contributed by atoms with E-state index in [1.807, 2.05) is 38.1 Å². The number of hydrogen-bond donors (Lipinski definition) is 2. The molecular formula is C35H40N4O7S. The maximum atomic E-state index is 13.6.